The van der Waals surface area contributed by atoms with Gasteiger partial charge >= 0.3 is 0 Å². The molecular formula is C14H18BrN3O. The van der Waals surface area contributed by atoms with Crippen LogP contribution >= 0.6 is 15.9 Å². The first kappa shape index (κ1) is 13.1. The van der Waals surface area contributed by atoms with Gasteiger partial charge in [-0.2, -0.15) is 0 Å². The van der Waals surface area contributed by atoms with E-state index < -0.39 is 0 Å². The number of imidazole rings is 1. The number of aromatic nitrogens is 2. The maximum atomic E-state index is 5.90. The Hall–Kier alpha value is -0.910. The molecule has 1 aliphatic heterocycles. The molecule has 1 aromatic carbocycles. The van der Waals surface area contributed by atoms with Crippen LogP contribution in [0.5, 0.6) is 0 Å². The van der Waals surface area contributed by atoms with Crippen LogP contribution in [0, 0.1) is 0 Å². The van der Waals surface area contributed by atoms with E-state index in [2.05, 4.69) is 37.3 Å². The Morgan fingerprint density at radius 2 is 2.16 bits per heavy atom. The van der Waals surface area contributed by atoms with Crippen LogP contribution in [0.15, 0.2) is 22.7 Å². The summed E-state index contributed by atoms with van der Waals surface area (Å²) >= 11 is 3.47. The average Bonchev–Trinajstić information content (AvgIpc) is 2.82. The number of benzene rings is 1. The van der Waals surface area contributed by atoms with Crippen molar-refractivity contribution in [3.63, 3.8) is 0 Å². The lowest BCUT2D eigenvalue weighted by Gasteiger charge is -2.22. The summed E-state index contributed by atoms with van der Waals surface area (Å²) in [5, 5.41) is 3.34. The summed E-state index contributed by atoms with van der Waals surface area (Å²) in [7, 11) is 0. The summed E-state index contributed by atoms with van der Waals surface area (Å²) in [6.07, 6.45) is 3.50. The molecule has 4 nitrogen and oxygen atoms in total. The topological polar surface area (TPSA) is 49.9 Å². The molecule has 5 heteroatoms. The molecular weight excluding hydrogens is 306 g/mol. The number of fused-ring (bicyclic) bond motifs is 1. The zero-order valence-corrected chi connectivity index (χ0v) is 12.4. The molecule has 1 aliphatic rings. The van der Waals surface area contributed by atoms with Gasteiger partial charge in [0.1, 0.15) is 5.82 Å². The van der Waals surface area contributed by atoms with Crippen molar-refractivity contribution in [2.24, 2.45) is 0 Å². The van der Waals surface area contributed by atoms with Crippen LogP contribution in [0.1, 0.15) is 18.7 Å². The lowest BCUT2D eigenvalue weighted by Crippen LogP contribution is -2.32. The van der Waals surface area contributed by atoms with Crippen molar-refractivity contribution in [1.82, 2.24) is 15.3 Å². The number of nitrogens with one attached hydrogen (secondary N) is 2. The smallest absolute Gasteiger partial charge is 0.109 e. The molecule has 2 aromatic rings. The van der Waals surface area contributed by atoms with Crippen LogP contribution in [0.4, 0.5) is 0 Å². The molecule has 2 heterocycles. The van der Waals surface area contributed by atoms with Crippen molar-refractivity contribution in [2.45, 2.75) is 25.4 Å². The van der Waals surface area contributed by atoms with E-state index in [4.69, 9.17) is 4.74 Å². The first-order valence-electron chi connectivity index (χ1n) is 6.78. The van der Waals surface area contributed by atoms with E-state index in [0.29, 0.717) is 6.10 Å². The molecule has 1 aromatic heterocycles. The molecule has 0 aliphatic carbocycles. The second-order valence-electron chi connectivity index (χ2n) is 4.92. The molecule has 0 atom stereocenters. The zero-order chi connectivity index (χ0) is 13.1. The van der Waals surface area contributed by atoms with Crippen molar-refractivity contribution in [3.8, 4) is 0 Å². The first-order valence-corrected chi connectivity index (χ1v) is 7.57. The van der Waals surface area contributed by atoms with Crippen LogP contribution in [0.25, 0.3) is 11.0 Å². The summed E-state index contributed by atoms with van der Waals surface area (Å²) in [6, 6.07) is 6.09. The van der Waals surface area contributed by atoms with E-state index in [0.717, 1.165) is 60.3 Å². The van der Waals surface area contributed by atoms with Gasteiger partial charge in [0.2, 0.25) is 0 Å². The van der Waals surface area contributed by atoms with E-state index in [9.17, 15) is 0 Å². The zero-order valence-electron chi connectivity index (χ0n) is 10.8. The molecule has 1 fully saturated rings. The largest absolute Gasteiger partial charge is 0.378 e. The molecule has 0 saturated carbocycles. The van der Waals surface area contributed by atoms with Gasteiger partial charge in [0.15, 0.2) is 0 Å². The normalized spacial score (nSPS) is 17.1. The monoisotopic (exact) mass is 323 g/mol. The van der Waals surface area contributed by atoms with E-state index in [1.54, 1.807) is 0 Å². The fourth-order valence-corrected chi connectivity index (χ4v) is 2.80. The van der Waals surface area contributed by atoms with Crippen LogP contribution in [0.2, 0.25) is 0 Å². The molecule has 0 radical (unpaired) electrons. The maximum absolute atomic E-state index is 5.90. The average molecular weight is 324 g/mol. The van der Waals surface area contributed by atoms with Crippen LogP contribution < -0.4 is 5.32 Å². The standard InChI is InChI=1S/C14H18BrN3O/c15-10-1-2-12-13(9-10)18-14(17-12)5-8-19-11-3-6-16-7-4-11/h1-2,9,11,16H,3-8H2,(H,17,18). The molecule has 1 saturated heterocycles. The number of ether oxygens (including phenoxy) is 1. The Morgan fingerprint density at radius 1 is 1.32 bits per heavy atom. The number of piperidine rings is 1. The summed E-state index contributed by atoms with van der Waals surface area (Å²) in [4.78, 5) is 7.91. The number of aromatic amines is 1. The Kier molecular flexibility index (Phi) is 4.15. The number of halogens is 1. The molecule has 0 spiro atoms. The SMILES string of the molecule is Brc1ccc2nc(CCOC3CCNCC3)[nH]c2c1. The van der Waals surface area contributed by atoms with Gasteiger partial charge in [0, 0.05) is 10.9 Å². The van der Waals surface area contributed by atoms with Crippen molar-refractivity contribution in [3.05, 3.63) is 28.5 Å². The lowest BCUT2D eigenvalue weighted by molar-refractivity contribution is 0.0343. The third kappa shape index (κ3) is 3.35. The summed E-state index contributed by atoms with van der Waals surface area (Å²) < 4.78 is 6.97. The molecule has 0 bridgehead atoms. The predicted octanol–water partition coefficient (Wildman–Crippen LogP) is 2.64. The molecule has 19 heavy (non-hydrogen) atoms. The van der Waals surface area contributed by atoms with Gasteiger partial charge in [0.25, 0.3) is 0 Å². The lowest BCUT2D eigenvalue weighted by atomic mass is 10.1. The van der Waals surface area contributed by atoms with E-state index >= 15 is 0 Å². The Labute approximate surface area is 121 Å². The van der Waals surface area contributed by atoms with Crippen molar-refractivity contribution >= 4 is 27.0 Å². The second-order valence-corrected chi connectivity index (χ2v) is 5.83. The predicted molar refractivity (Wildman–Crippen MR) is 79.3 cm³/mol. The van der Waals surface area contributed by atoms with Gasteiger partial charge in [-0.25, -0.2) is 4.98 Å². The molecule has 0 unspecified atom stereocenters. The van der Waals surface area contributed by atoms with E-state index in [1.165, 1.54) is 0 Å². The van der Waals surface area contributed by atoms with Gasteiger partial charge in [-0.1, -0.05) is 15.9 Å². The van der Waals surface area contributed by atoms with Crippen LogP contribution in [0.3, 0.4) is 0 Å². The van der Waals surface area contributed by atoms with Crippen LogP contribution in [-0.2, 0) is 11.2 Å². The van der Waals surface area contributed by atoms with Gasteiger partial charge in [-0.15, -0.1) is 0 Å². The minimum atomic E-state index is 0.416. The van der Waals surface area contributed by atoms with E-state index in [1.807, 2.05) is 12.1 Å². The summed E-state index contributed by atoms with van der Waals surface area (Å²) in [6.45, 7) is 2.89. The number of hydrogen-bond donors (Lipinski definition) is 2. The Morgan fingerprint density at radius 3 is 3.00 bits per heavy atom. The number of hydrogen-bond acceptors (Lipinski definition) is 3. The first-order chi connectivity index (χ1) is 9.31. The fraction of sp³-hybridized carbons (Fsp3) is 0.500. The van der Waals surface area contributed by atoms with Crippen molar-refractivity contribution in [1.29, 1.82) is 0 Å². The molecule has 102 valence electrons. The summed E-state index contributed by atoms with van der Waals surface area (Å²) in [5.74, 6) is 1.00. The Balaban J connectivity index is 1.56. The quantitative estimate of drug-likeness (QED) is 0.909. The highest BCUT2D eigenvalue weighted by atomic mass is 79.9. The van der Waals surface area contributed by atoms with Crippen LogP contribution in [-0.4, -0.2) is 35.8 Å². The number of H-pyrrole nitrogens is 1. The van der Waals surface area contributed by atoms with Crippen molar-refractivity contribution in [2.75, 3.05) is 19.7 Å². The van der Waals surface area contributed by atoms with Gasteiger partial charge in [0.05, 0.1) is 23.7 Å². The molecule has 0 amide bonds. The minimum Gasteiger partial charge on any atom is -0.378 e. The second kappa shape index (κ2) is 6.03. The highest BCUT2D eigenvalue weighted by molar-refractivity contribution is 9.10. The minimum absolute atomic E-state index is 0.416. The highest BCUT2D eigenvalue weighted by Crippen LogP contribution is 2.18. The molecule has 2 N–H and O–H groups in total. The van der Waals surface area contributed by atoms with Gasteiger partial charge in [-0.05, 0) is 44.1 Å². The van der Waals surface area contributed by atoms with Crippen molar-refractivity contribution < 1.29 is 4.74 Å². The third-order valence-electron chi connectivity index (χ3n) is 3.47. The fourth-order valence-electron chi connectivity index (χ4n) is 2.44. The van der Waals surface area contributed by atoms with E-state index in [-0.39, 0.29) is 0 Å². The maximum Gasteiger partial charge on any atom is 0.109 e. The summed E-state index contributed by atoms with van der Waals surface area (Å²) in [5.41, 5.74) is 2.09. The number of nitrogens with zero attached hydrogens (tertiary/aromatic N) is 1. The van der Waals surface area contributed by atoms with Gasteiger partial charge < -0.3 is 15.0 Å². The third-order valence-corrected chi connectivity index (χ3v) is 3.96. The Bertz CT molecular complexity index is 549. The molecule has 3 rings (SSSR count). The highest BCUT2D eigenvalue weighted by Gasteiger charge is 2.13. The van der Waals surface area contributed by atoms with Gasteiger partial charge in [-0.3, -0.25) is 0 Å². The number of rotatable bonds is 4.